The fourth-order valence-electron chi connectivity index (χ4n) is 4.47. The van der Waals surface area contributed by atoms with E-state index in [1.165, 1.54) is 23.0 Å². The average Bonchev–Trinajstić information content (AvgIpc) is 3.52. The highest BCUT2D eigenvalue weighted by Crippen LogP contribution is 2.37. The second kappa shape index (κ2) is 11.1. The molecule has 200 valence electrons. The van der Waals surface area contributed by atoms with E-state index in [1.54, 1.807) is 45.2 Å². The van der Waals surface area contributed by atoms with Gasteiger partial charge in [-0.2, -0.15) is 0 Å². The number of fused-ring (bicyclic) bond motifs is 1. The molecule has 0 bridgehead atoms. The van der Waals surface area contributed by atoms with Gasteiger partial charge in [0.25, 0.3) is 5.56 Å². The number of methoxy groups -OCH3 is 2. The number of ether oxygens (including phenoxy) is 3. The summed E-state index contributed by atoms with van der Waals surface area (Å²) in [5, 5.41) is 0. The van der Waals surface area contributed by atoms with Crippen LogP contribution in [0, 0.1) is 0 Å². The van der Waals surface area contributed by atoms with Crippen LogP contribution in [0.25, 0.3) is 17.4 Å². The number of benzene rings is 2. The number of hydrogen-bond acceptors (Lipinski definition) is 8. The summed E-state index contributed by atoms with van der Waals surface area (Å²) in [5.41, 5.74) is 1.91. The van der Waals surface area contributed by atoms with Gasteiger partial charge in [-0.05, 0) is 56.3 Å². The largest absolute Gasteiger partial charge is 0.497 e. The minimum absolute atomic E-state index is 0.182. The summed E-state index contributed by atoms with van der Waals surface area (Å²) < 4.78 is 25.4. The zero-order valence-electron chi connectivity index (χ0n) is 21.7. The second-order valence-electron chi connectivity index (χ2n) is 8.62. The molecule has 0 fully saturated rings. The molecule has 0 spiro atoms. The fraction of sp³-hybridized carbons (Fsp3) is 0.207. The van der Waals surface area contributed by atoms with Gasteiger partial charge in [-0.3, -0.25) is 9.36 Å². The molecular formula is C29H25BrN2O6S. The van der Waals surface area contributed by atoms with E-state index < -0.39 is 12.0 Å². The quantitative estimate of drug-likeness (QED) is 0.279. The van der Waals surface area contributed by atoms with Gasteiger partial charge in [0.1, 0.15) is 29.1 Å². The number of rotatable bonds is 7. The number of hydrogen-bond donors (Lipinski definition) is 0. The Hall–Kier alpha value is -3.89. The van der Waals surface area contributed by atoms with Crippen LogP contribution in [0.5, 0.6) is 11.5 Å². The summed E-state index contributed by atoms with van der Waals surface area (Å²) in [4.78, 5) is 32.1. The predicted octanol–water partition coefficient (Wildman–Crippen LogP) is 4.84. The van der Waals surface area contributed by atoms with Gasteiger partial charge in [-0.15, -0.1) is 0 Å². The van der Waals surface area contributed by atoms with Crippen molar-refractivity contribution in [1.82, 2.24) is 4.57 Å². The molecule has 5 rings (SSSR count). The van der Waals surface area contributed by atoms with Crippen molar-refractivity contribution in [2.75, 3.05) is 20.8 Å². The average molecular weight is 609 g/mol. The zero-order valence-corrected chi connectivity index (χ0v) is 24.1. The normalized spacial score (nSPS) is 15.1. The second-order valence-corrected chi connectivity index (χ2v) is 10.5. The predicted molar refractivity (Wildman–Crippen MR) is 152 cm³/mol. The molecule has 0 aliphatic carbocycles. The lowest BCUT2D eigenvalue weighted by Crippen LogP contribution is -2.40. The molecule has 1 atom stereocenters. The Morgan fingerprint density at radius 2 is 1.90 bits per heavy atom. The maximum atomic E-state index is 13.9. The van der Waals surface area contributed by atoms with E-state index in [4.69, 9.17) is 18.6 Å². The molecule has 0 N–H and O–H groups in total. The first-order valence-electron chi connectivity index (χ1n) is 12.1. The standard InChI is InChI=1S/C29H25BrN2O6S/c1-5-37-28(34)25-16(2)31-29-32(26(25)21-14-19(35-3)10-13-23(21)36-4)27(33)24(39-29)15-20-11-12-22(38-20)17-6-8-18(30)9-7-17/h6-15,26H,5H2,1-4H3/b24-15-/t26-/m1/s1. The first-order valence-corrected chi connectivity index (χ1v) is 13.7. The van der Waals surface area contributed by atoms with E-state index in [0.29, 0.717) is 43.6 Å². The van der Waals surface area contributed by atoms with Crippen LogP contribution in [0.4, 0.5) is 0 Å². The van der Waals surface area contributed by atoms with Crippen molar-refractivity contribution in [3.8, 4) is 22.8 Å². The van der Waals surface area contributed by atoms with Crippen LogP contribution in [0.2, 0.25) is 0 Å². The molecule has 0 saturated carbocycles. The monoisotopic (exact) mass is 608 g/mol. The minimum atomic E-state index is -0.831. The summed E-state index contributed by atoms with van der Waals surface area (Å²) in [6.07, 6.45) is 1.69. The highest BCUT2D eigenvalue weighted by atomic mass is 79.9. The van der Waals surface area contributed by atoms with Crippen molar-refractivity contribution < 1.29 is 23.4 Å². The number of thiazole rings is 1. The van der Waals surface area contributed by atoms with Crippen LogP contribution < -0.4 is 24.4 Å². The molecule has 0 radical (unpaired) electrons. The van der Waals surface area contributed by atoms with Gasteiger partial charge >= 0.3 is 5.97 Å². The van der Waals surface area contributed by atoms with Crippen molar-refractivity contribution >= 4 is 39.3 Å². The Morgan fingerprint density at radius 1 is 1.13 bits per heavy atom. The summed E-state index contributed by atoms with van der Waals surface area (Å²) in [5.74, 6) is 1.71. The molecule has 10 heteroatoms. The SMILES string of the molecule is CCOC(=O)C1=C(C)N=c2s/c(=C\c3ccc(-c4ccc(Br)cc4)o3)c(=O)n2[C@@H]1c1cc(OC)ccc1OC. The number of carbonyl (C=O) groups excluding carboxylic acids is 1. The minimum Gasteiger partial charge on any atom is -0.497 e. The van der Waals surface area contributed by atoms with E-state index in [0.717, 1.165) is 10.0 Å². The molecule has 0 unspecified atom stereocenters. The fourth-order valence-corrected chi connectivity index (χ4v) is 5.76. The topological polar surface area (TPSA) is 92.3 Å². The third kappa shape index (κ3) is 5.09. The van der Waals surface area contributed by atoms with Crippen LogP contribution in [-0.2, 0) is 9.53 Å². The Balaban J connectivity index is 1.68. The lowest BCUT2D eigenvalue weighted by molar-refractivity contribution is -0.139. The Morgan fingerprint density at radius 3 is 2.59 bits per heavy atom. The molecular weight excluding hydrogens is 584 g/mol. The number of furan rings is 1. The summed E-state index contributed by atoms with van der Waals surface area (Å²) in [6, 6.07) is 15.9. The first kappa shape index (κ1) is 26.7. The van der Waals surface area contributed by atoms with Crippen molar-refractivity contribution in [3.05, 3.63) is 101 Å². The maximum absolute atomic E-state index is 13.9. The summed E-state index contributed by atoms with van der Waals surface area (Å²) >= 11 is 4.66. The third-order valence-corrected chi connectivity index (χ3v) is 7.79. The van der Waals surface area contributed by atoms with E-state index in [1.807, 2.05) is 36.4 Å². The van der Waals surface area contributed by atoms with Crippen LogP contribution in [0.1, 0.15) is 31.2 Å². The highest BCUT2D eigenvalue weighted by Gasteiger charge is 2.35. The Bertz CT molecular complexity index is 1760. The first-order chi connectivity index (χ1) is 18.8. The van der Waals surface area contributed by atoms with Gasteiger partial charge < -0.3 is 18.6 Å². The van der Waals surface area contributed by atoms with E-state index >= 15 is 0 Å². The number of carbonyl (C=O) groups is 1. The Labute approximate surface area is 236 Å². The molecule has 2 aromatic carbocycles. The molecule has 2 aromatic heterocycles. The summed E-state index contributed by atoms with van der Waals surface area (Å²) in [7, 11) is 3.09. The molecule has 1 aliphatic heterocycles. The van der Waals surface area contributed by atoms with Crippen molar-refractivity contribution in [3.63, 3.8) is 0 Å². The van der Waals surface area contributed by atoms with Crippen LogP contribution in [-0.4, -0.2) is 31.4 Å². The van der Waals surface area contributed by atoms with Gasteiger partial charge in [-0.1, -0.05) is 39.4 Å². The lowest BCUT2D eigenvalue weighted by atomic mass is 9.95. The molecule has 0 saturated heterocycles. The summed E-state index contributed by atoms with van der Waals surface area (Å²) in [6.45, 7) is 3.65. The molecule has 4 aromatic rings. The third-order valence-electron chi connectivity index (χ3n) is 6.28. The molecule has 1 aliphatic rings. The van der Waals surface area contributed by atoms with Gasteiger partial charge in [-0.25, -0.2) is 9.79 Å². The molecule has 0 amide bonds. The van der Waals surface area contributed by atoms with Gasteiger partial charge in [0.05, 0.1) is 36.6 Å². The molecule has 39 heavy (non-hydrogen) atoms. The van der Waals surface area contributed by atoms with Crippen molar-refractivity contribution in [1.29, 1.82) is 0 Å². The van der Waals surface area contributed by atoms with Gasteiger partial charge in [0.15, 0.2) is 4.80 Å². The maximum Gasteiger partial charge on any atom is 0.338 e. The Kier molecular flexibility index (Phi) is 7.58. The number of allylic oxidation sites excluding steroid dienone is 1. The van der Waals surface area contributed by atoms with Crippen LogP contribution in [0.15, 0.2) is 84.5 Å². The van der Waals surface area contributed by atoms with Crippen LogP contribution >= 0.6 is 27.3 Å². The number of esters is 1. The van der Waals surface area contributed by atoms with Gasteiger partial charge in [0, 0.05) is 21.7 Å². The van der Waals surface area contributed by atoms with Crippen LogP contribution in [0.3, 0.4) is 0 Å². The van der Waals surface area contributed by atoms with E-state index in [-0.39, 0.29) is 17.7 Å². The van der Waals surface area contributed by atoms with E-state index in [9.17, 15) is 9.59 Å². The molecule has 8 nitrogen and oxygen atoms in total. The lowest BCUT2D eigenvalue weighted by Gasteiger charge is -2.26. The zero-order chi connectivity index (χ0) is 27.7. The van der Waals surface area contributed by atoms with Crippen molar-refractivity contribution in [2.24, 2.45) is 4.99 Å². The van der Waals surface area contributed by atoms with Crippen molar-refractivity contribution in [2.45, 2.75) is 19.9 Å². The highest BCUT2D eigenvalue weighted by molar-refractivity contribution is 9.10. The number of halogens is 1. The molecule has 3 heterocycles. The number of aromatic nitrogens is 1. The smallest absolute Gasteiger partial charge is 0.338 e. The number of nitrogens with zero attached hydrogens (tertiary/aromatic N) is 2. The van der Waals surface area contributed by atoms with Gasteiger partial charge in [0.2, 0.25) is 0 Å². The van der Waals surface area contributed by atoms with E-state index in [2.05, 4.69) is 20.9 Å².